The van der Waals surface area contributed by atoms with E-state index in [0.29, 0.717) is 17.7 Å². The summed E-state index contributed by atoms with van der Waals surface area (Å²) in [5.74, 6) is -0.106. The molecule has 4 nitrogen and oxygen atoms in total. The molecule has 2 aliphatic heterocycles. The number of benzene rings is 2. The third kappa shape index (κ3) is 3.04. The maximum atomic E-state index is 12.3. The Bertz CT molecular complexity index is 715. The SMILES string of the molecule is O=C(Nc1ccc(Br)cc1)c1ccc(C2OC3CNC2C3)cc1. The molecule has 5 heteroatoms. The number of amides is 1. The van der Waals surface area contributed by atoms with Crippen molar-refractivity contribution in [2.75, 3.05) is 11.9 Å². The van der Waals surface area contributed by atoms with E-state index in [9.17, 15) is 4.79 Å². The lowest BCUT2D eigenvalue weighted by atomic mass is 10.0. The largest absolute Gasteiger partial charge is 0.367 e. The molecular weight excluding hydrogens is 356 g/mol. The van der Waals surface area contributed by atoms with Crippen LogP contribution in [0.5, 0.6) is 0 Å². The van der Waals surface area contributed by atoms with Crippen LogP contribution in [-0.2, 0) is 4.74 Å². The van der Waals surface area contributed by atoms with Gasteiger partial charge in [0.15, 0.2) is 0 Å². The Kier molecular flexibility index (Phi) is 3.93. The number of hydrogen-bond donors (Lipinski definition) is 2. The molecule has 2 bridgehead atoms. The Morgan fingerprint density at radius 1 is 1.13 bits per heavy atom. The predicted molar refractivity (Wildman–Crippen MR) is 92.6 cm³/mol. The molecular formula is C18H17BrN2O2. The molecule has 2 heterocycles. The molecule has 2 aliphatic rings. The zero-order valence-corrected chi connectivity index (χ0v) is 14.0. The molecule has 2 aromatic carbocycles. The minimum atomic E-state index is -0.106. The van der Waals surface area contributed by atoms with Gasteiger partial charge < -0.3 is 15.4 Å². The van der Waals surface area contributed by atoms with Crippen LogP contribution in [0.15, 0.2) is 53.0 Å². The topological polar surface area (TPSA) is 50.4 Å². The van der Waals surface area contributed by atoms with Crippen molar-refractivity contribution >= 4 is 27.5 Å². The highest BCUT2D eigenvalue weighted by atomic mass is 79.9. The van der Waals surface area contributed by atoms with E-state index in [2.05, 4.69) is 26.6 Å². The fraction of sp³-hybridized carbons (Fsp3) is 0.278. The average Bonchev–Trinajstić information content (AvgIpc) is 3.20. The first-order chi connectivity index (χ1) is 11.2. The number of carbonyl (C=O) groups excluding carboxylic acids is 1. The van der Waals surface area contributed by atoms with Gasteiger partial charge in [-0.2, -0.15) is 0 Å². The summed E-state index contributed by atoms with van der Waals surface area (Å²) in [7, 11) is 0. The smallest absolute Gasteiger partial charge is 0.255 e. The van der Waals surface area contributed by atoms with Gasteiger partial charge in [0.1, 0.15) is 0 Å². The summed E-state index contributed by atoms with van der Waals surface area (Å²) in [5, 5.41) is 6.37. The zero-order chi connectivity index (χ0) is 15.8. The van der Waals surface area contributed by atoms with Crippen molar-refractivity contribution in [3.63, 3.8) is 0 Å². The first-order valence-corrected chi connectivity index (χ1v) is 8.54. The van der Waals surface area contributed by atoms with E-state index in [0.717, 1.165) is 28.7 Å². The van der Waals surface area contributed by atoms with Crippen LogP contribution in [0, 0.1) is 0 Å². The van der Waals surface area contributed by atoms with Crippen molar-refractivity contribution in [1.82, 2.24) is 5.32 Å². The molecule has 0 radical (unpaired) electrons. The number of halogens is 1. The molecule has 3 atom stereocenters. The summed E-state index contributed by atoms with van der Waals surface area (Å²) in [5.41, 5.74) is 2.56. The molecule has 2 saturated heterocycles. The summed E-state index contributed by atoms with van der Waals surface area (Å²) >= 11 is 3.38. The quantitative estimate of drug-likeness (QED) is 0.866. The van der Waals surface area contributed by atoms with E-state index in [1.54, 1.807) is 0 Å². The van der Waals surface area contributed by atoms with Gasteiger partial charge in [-0.25, -0.2) is 0 Å². The van der Waals surface area contributed by atoms with E-state index in [4.69, 9.17) is 4.74 Å². The van der Waals surface area contributed by atoms with Crippen molar-refractivity contribution in [3.8, 4) is 0 Å². The van der Waals surface area contributed by atoms with Crippen molar-refractivity contribution in [3.05, 3.63) is 64.1 Å². The second kappa shape index (κ2) is 6.07. The summed E-state index contributed by atoms with van der Waals surface area (Å²) in [6.07, 6.45) is 1.53. The zero-order valence-electron chi connectivity index (χ0n) is 12.5. The maximum absolute atomic E-state index is 12.3. The minimum Gasteiger partial charge on any atom is -0.367 e. The van der Waals surface area contributed by atoms with Crippen molar-refractivity contribution < 1.29 is 9.53 Å². The number of nitrogens with one attached hydrogen (secondary N) is 2. The number of rotatable bonds is 3. The number of carbonyl (C=O) groups is 1. The van der Waals surface area contributed by atoms with E-state index < -0.39 is 0 Å². The number of anilines is 1. The number of ether oxygens (including phenoxy) is 1. The molecule has 0 aliphatic carbocycles. The summed E-state index contributed by atoms with van der Waals surface area (Å²) in [6, 6.07) is 15.6. The van der Waals surface area contributed by atoms with E-state index in [1.165, 1.54) is 0 Å². The van der Waals surface area contributed by atoms with Crippen LogP contribution < -0.4 is 10.6 Å². The highest BCUT2D eigenvalue weighted by molar-refractivity contribution is 9.10. The van der Waals surface area contributed by atoms with Crippen LogP contribution in [0.3, 0.4) is 0 Å². The van der Waals surface area contributed by atoms with Crippen molar-refractivity contribution in [2.45, 2.75) is 24.7 Å². The molecule has 1 amide bonds. The van der Waals surface area contributed by atoms with E-state index in [-0.39, 0.29) is 12.0 Å². The standard InChI is InChI=1S/C18H17BrN2O2/c19-13-5-7-14(8-6-13)21-18(22)12-3-1-11(2-4-12)17-16-9-15(23-17)10-20-16/h1-8,15-17,20H,9-10H2,(H,21,22). The van der Waals surface area contributed by atoms with Gasteiger partial charge in [-0.1, -0.05) is 28.1 Å². The second-order valence-electron chi connectivity index (χ2n) is 6.01. The highest BCUT2D eigenvalue weighted by Gasteiger charge is 2.41. The fourth-order valence-electron chi connectivity index (χ4n) is 3.24. The Balaban J connectivity index is 1.45. The van der Waals surface area contributed by atoms with E-state index >= 15 is 0 Å². The van der Waals surface area contributed by atoms with Gasteiger partial charge in [0, 0.05) is 28.3 Å². The van der Waals surface area contributed by atoms with Crippen LogP contribution in [0.2, 0.25) is 0 Å². The molecule has 23 heavy (non-hydrogen) atoms. The van der Waals surface area contributed by atoms with Gasteiger partial charge in [-0.3, -0.25) is 4.79 Å². The molecule has 4 rings (SSSR count). The van der Waals surface area contributed by atoms with Crippen LogP contribution in [0.4, 0.5) is 5.69 Å². The Hall–Kier alpha value is -1.69. The predicted octanol–water partition coefficient (Wildman–Crippen LogP) is 3.50. The lowest BCUT2D eigenvalue weighted by Gasteiger charge is -2.23. The van der Waals surface area contributed by atoms with Crippen LogP contribution in [0.25, 0.3) is 0 Å². The molecule has 2 aromatic rings. The fourth-order valence-corrected chi connectivity index (χ4v) is 3.51. The lowest BCUT2D eigenvalue weighted by molar-refractivity contribution is 0.0160. The maximum Gasteiger partial charge on any atom is 0.255 e. The average molecular weight is 373 g/mol. The van der Waals surface area contributed by atoms with Crippen LogP contribution >= 0.6 is 15.9 Å². The third-order valence-corrected chi connectivity index (χ3v) is 4.96. The Labute approximate surface area is 143 Å². The first-order valence-electron chi connectivity index (χ1n) is 7.75. The third-order valence-electron chi connectivity index (χ3n) is 4.43. The first kappa shape index (κ1) is 14.9. The van der Waals surface area contributed by atoms with Gasteiger partial charge >= 0.3 is 0 Å². The molecule has 0 saturated carbocycles. The summed E-state index contributed by atoms with van der Waals surface area (Å²) in [4.78, 5) is 12.3. The van der Waals surface area contributed by atoms with Crippen molar-refractivity contribution in [2.24, 2.45) is 0 Å². The molecule has 0 spiro atoms. The molecule has 2 N–H and O–H groups in total. The van der Waals surface area contributed by atoms with E-state index in [1.807, 2.05) is 48.5 Å². The van der Waals surface area contributed by atoms with Crippen molar-refractivity contribution in [1.29, 1.82) is 0 Å². The monoisotopic (exact) mass is 372 g/mol. The second-order valence-corrected chi connectivity index (χ2v) is 6.93. The number of hydrogen-bond acceptors (Lipinski definition) is 3. The lowest BCUT2D eigenvalue weighted by Crippen LogP contribution is -2.34. The summed E-state index contributed by atoms with van der Waals surface area (Å²) in [6.45, 7) is 0.953. The Morgan fingerprint density at radius 2 is 1.87 bits per heavy atom. The number of fused-ring (bicyclic) bond motifs is 2. The Morgan fingerprint density at radius 3 is 2.48 bits per heavy atom. The molecule has 3 unspecified atom stereocenters. The van der Waals surface area contributed by atoms with Gasteiger partial charge in [-0.15, -0.1) is 0 Å². The van der Waals surface area contributed by atoms with Crippen LogP contribution in [0.1, 0.15) is 28.4 Å². The number of morpholine rings is 1. The van der Waals surface area contributed by atoms with Gasteiger partial charge in [0.25, 0.3) is 5.91 Å². The van der Waals surface area contributed by atoms with Gasteiger partial charge in [0.2, 0.25) is 0 Å². The van der Waals surface area contributed by atoms with Crippen LogP contribution in [-0.4, -0.2) is 24.6 Å². The minimum absolute atomic E-state index is 0.106. The van der Waals surface area contributed by atoms with Gasteiger partial charge in [-0.05, 0) is 48.4 Å². The molecule has 2 fully saturated rings. The van der Waals surface area contributed by atoms with Gasteiger partial charge in [0.05, 0.1) is 12.2 Å². The molecule has 118 valence electrons. The normalized spacial score (nSPS) is 25.5. The highest BCUT2D eigenvalue weighted by Crippen LogP contribution is 2.36. The molecule has 0 aromatic heterocycles. The summed E-state index contributed by atoms with van der Waals surface area (Å²) < 4.78 is 6.97.